The summed E-state index contributed by atoms with van der Waals surface area (Å²) in [7, 11) is 1.81. The van der Waals surface area contributed by atoms with Crippen molar-refractivity contribution in [2.75, 3.05) is 7.05 Å². The van der Waals surface area contributed by atoms with Gasteiger partial charge in [-0.25, -0.2) is 0 Å². The molecule has 1 heterocycles. The number of benzene rings is 1. The summed E-state index contributed by atoms with van der Waals surface area (Å²) in [5.74, 6) is -0.0499. The van der Waals surface area contributed by atoms with E-state index in [1.165, 1.54) is 4.88 Å². The lowest BCUT2D eigenvalue weighted by atomic mass is 10.1. The minimum absolute atomic E-state index is 0.0499. The Morgan fingerprint density at radius 1 is 1.40 bits per heavy atom. The molecule has 2 aromatic rings. The zero-order valence-electron chi connectivity index (χ0n) is 11.5. The molecule has 0 bridgehead atoms. The van der Waals surface area contributed by atoms with Crippen LogP contribution in [0.1, 0.15) is 27.7 Å². The van der Waals surface area contributed by atoms with Crippen LogP contribution in [-0.4, -0.2) is 23.9 Å². The van der Waals surface area contributed by atoms with Crippen molar-refractivity contribution in [3.05, 3.63) is 57.8 Å². The van der Waals surface area contributed by atoms with E-state index in [2.05, 4.69) is 12.1 Å². The first kappa shape index (κ1) is 14.3. The molecule has 4 heteroatoms. The fraction of sp³-hybridized carbons (Fsp3) is 0.250. The number of thiophene rings is 1. The van der Waals surface area contributed by atoms with Crippen LogP contribution in [0.15, 0.2) is 41.8 Å². The van der Waals surface area contributed by atoms with Crippen LogP contribution >= 0.6 is 11.3 Å². The number of amides is 1. The fourth-order valence-corrected chi connectivity index (χ4v) is 2.81. The van der Waals surface area contributed by atoms with Crippen molar-refractivity contribution in [1.29, 1.82) is 5.26 Å². The maximum Gasteiger partial charge on any atom is 0.253 e. The summed E-state index contributed by atoms with van der Waals surface area (Å²) in [6.07, 6.45) is 0.845. The Morgan fingerprint density at radius 3 is 2.85 bits per heavy atom. The van der Waals surface area contributed by atoms with Crippen LogP contribution in [-0.2, 0) is 6.42 Å². The van der Waals surface area contributed by atoms with E-state index in [0.717, 1.165) is 6.42 Å². The number of hydrogen-bond donors (Lipinski definition) is 0. The molecule has 1 aromatic carbocycles. The molecule has 3 nitrogen and oxygen atoms in total. The fourth-order valence-electron chi connectivity index (χ4n) is 1.98. The van der Waals surface area contributed by atoms with Crippen LogP contribution in [0, 0.1) is 11.3 Å². The van der Waals surface area contributed by atoms with Crippen molar-refractivity contribution in [2.45, 2.75) is 19.4 Å². The van der Waals surface area contributed by atoms with Crippen LogP contribution in [0.2, 0.25) is 0 Å². The number of likely N-dealkylation sites (N-methyl/N-ethyl adjacent to an activating group) is 1. The van der Waals surface area contributed by atoms with Gasteiger partial charge in [0.15, 0.2) is 0 Å². The van der Waals surface area contributed by atoms with E-state index in [0.29, 0.717) is 11.1 Å². The van der Waals surface area contributed by atoms with Gasteiger partial charge in [0.05, 0.1) is 11.6 Å². The van der Waals surface area contributed by atoms with E-state index in [-0.39, 0.29) is 11.9 Å². The Kier molecular flexibility index (Phi) is 4.54. The summed E-state index contributed by atoms with van der Waals surface area (Å²) < 4.78 is 0. The van der Waals surface area contributed by atoms with Crippen LogP contribution in [0.5, 0.6) is 0 Å². The van der Waals surface area contributed by atoms with Crippen molar-refractivity contribution in [2.24, 2.45) is 0 Å². The van der Waals surface area contributed by atoms with Gasteiger partial charge < -0.3 is 4.90 Å². The topological polar surface area (TPSA) is 44.1 Å². The van der Waals surface area contributed by atoms with Crippen molar-refractivity contribution >= 4 is 17.2 Å². The third kappa shape index (κ3) is 3.25. The van der Waals surface area contributed by atoms with Crippen molar-refractivity contribution in [3.63, 3.8) is 0 Å². The highest BCUT2D eigenvalue weighted by Crippen LogP contribution is 2.15. The second-order valence-corrected chi connectivity index (χ2v) is 5.77. The molecule has 0 aliphatic heterocycles. The lowest BCUT2D eigenvalue weighted by molar-refractivity contribution is 0.0744. The molecule has 0 radical (unpaired) electrons. The summed E-state index contributed by atoms with van der Waals surface area (Å²) >= 11 is 1.70. The first-order chi connectivity index (χ1) is 9.61. The molecule has 0 N–H and O–H groups in total. The highest BCUT2D eigenvalue weighted by molar-refractivity contribution is 7.09. The molecule has 1 atom stereocenters. The Labute approximate surface area is 123 Å². The van der Waals surface area contributed by atoms with Gasteiger partial charge in [-0.1, -0.05) is 12.1 Å². The maximum absolute atomic E-state index is 12.4. The van der Waals surface area contributed by atoms with Crippen molar-refractivity contribution < 1.29 is 4.79 Å². The van der Waals surface area contributed by atoms with E-state index >= 15 is 0 Å². The number of carbonyl (C=O) groups excluding carboxylic acids is 1. The van der Waals surface area contributed by atoms with Gasteiger partial charge >= 0.3 is 0 Å². The van der Waals surface area contributed by atoms with Crippen LogP contribution in [0.25, 0.3) is 0 Å². The molecule has 0 aliphatic rings. The summed E-state index contributed by atoms with van der Waals surface area (Å²) in [6.45, 7) is 2.03. The number of nitrogens with zero attached hydrogens (tertiary/aromatic N) is 2. The second-order valence-electron chi connectivity index (χ2n) is 4.74. The summed E-state index contributed by atoms with van der Waals surface area (Å²) in [4.78, 5) is 15.4. The van der Waals surface area contributed by atoms with Crippen molar-refractivity contribution in [3.8, 4) is 6.07 Å². The number of hydrogen-bond acceptors (Lipinski definition) is 3. The van der Waals surface area contributed by atoms with E-state index in [4.69, 9.17) is 5.26 Å². The van der Waals surface area contributed by atoms with Gasteiger partial charge in [0.25, 0.3) is 5.91 Å². The van der Waals surface area contributed by atoms with Gasteiger partial charge in [-0.15, -0.1) is 11.3 Å². The molecule has 1 unspecified atom stereocenters. The van der Waals surface area contributed by atoms with Gasteiger partial charge in [0.1, 0.15) is 0 Å². The Balaban J connectivity index is 2.09. The Morgan fingerprint density at radius 2 is 2.20 bits per heavy atom. The lowest BCUT2D eigenvalue weighted by Crippen LogP contribution is -2.36. The predicted molar refractivity (Wildman–Crippen MR) is 80.7 cm³/mol. The van der Waals surface area contributed by atoms with Gasteiger partial charge in [-0.05, 0) is 36.6 Å². The summed E-state index contributed by atoms with van der Waals surface area (Å²) in [5, 5.41) is 10.9. The van der Waals surface area contributed by atoms with E-state index in [1.807, 2.05) is 18.4 Å². The number of nitriles is 1. The molecule has 0 saturated heterocycles. The molecular formula is C16H16N2OS. The third-order valence-corrected chi connectivity index (χ3v) is 4.20. The number of carbonyl (C=O) groups is 1. The summed E-state index contributed by atoms with van der Waals surface area (Å²) in [5.41, 5.74) is 1.07. The lowest BCUT2D eigenvalue weighted by Gasteiger charge is -2.24. The molecule has 2 rings (SSSR count). The Bertz CT molecular complexity index is 628. The molecule has 0 aliphatic carbocycles. The molecule has 20 heavy (non-hydrogen) atoms. The average Bonchev–Trinajstić information content (AvgIpc) is 2.98. The average molecular weight is 284 g/mol. The minimum Gasteiger partial charge on any atom is -0.339 e. The maximum atomic E-state index is 12.4. The zero-order valence-corrected chi connectivity index (χ0v) is 12.4. The van der Waals surface area contributed by atoms with E-state index in [1.54, 1.807) is 47.5 Å². The third-order valence-electron chi connectivity index (χ3n) is 3.30. The van der Waals surface area contributed by atoms with Gasteiger partial charge in [-0.3, -0.25) is 4.79 Å². The molecular weight excluding hydrogens is 268 g/mol. The molecule has 0 fully saturated rings. The smallest absolute Gasteiger partial charge is 0.253 e. The molecule has 1 aromatic heterocycles. The highest BCUT2D eigenvalue weighted by atomic mass is 32.1. The van der Waals surface area contributed by atoms with Gasteiger partial charge in [0.2, 0.25) is 0 Å². The first-order valence-electron chi connectivity index (χ1n) is 6.41. The Hall–Kier alpha value is -2.12. The SMILES string of the molecule is CC(Cc1cccs1)N(C)C(=O)c1cccc(C#N)c1. The van der Waals surface area contributed by atoms with Crippen LogP contribution in [0.4, 0.5) is 0 Å². The predicted octanol–water partition coefficient (Wildman–Crippen LogP) is 3.32. The molecule has 1 amide bonds. The quantitative estimate of drug-likeness (QED) is 0.864. The second kappa shape index (κ2) is 6.36. The monoisotopic (exact) mass is 284 g/mol. The molecule has 0 spiro atoms. The number of rotatable bonds is 4. The summed E-state index contributed by atoms with van der Waals surface area (Å²) in [6, 6.07) is 13.1. The minimum atomic E-state index is -0.0499. The standard InChI is InChI=1S/C16H16N2OS/c1-12(9-15-7-4-8-20-15)18(2)16(19)14-6-3-5-13(10-14)11-17/h3-8,10,12H,9H2,1-2H3. The van der Waals surface area contributed by atoms with Gasteiger partial charge in [0, 0.05) is 30.0 Å². The highest BCUT2D eigenvalue weighted by Gasteiger charge is 2.18. The van der Waals surface area contributed by atoms with Crippen molar-refractivity contribution in [1.82, 2.24) is 4.90 Å². The van der Waals surface area contributed by atoms with E-state index < -0.39 is 0 Å². The van der Waals surface area contributed by atoms with Crippen LogP contribution < -0.4 is 0 Å². The normalized spacial score (nSPS) is 11.7. The van der Waals surface area contributed by atoms with E-state index in [9.17, 15) is 4.79 Å². The largest absolute Gasteiger partial charge is 0.339 e. The zero-order chi connectivity index (χ0) is 14.5. The molecule has 0 saturated carbocycles. The first-order valence-corrected chi connectivity index (χ1v) is 7.29. The van der Waals surface area contributed by atoms with Gasteiger partial charge in [-0.2, -0.15) is 5.26 Å². The molecule has 102 valence electrons. The van der Waals surface area contributed by atoms with Crippen LogP contribution in [0.3, 0.4) is 0 Å².